The van der Waals surface area contributed by atoms with E-state index in [4.69, 9.17) is 5.11 Å². The van der Waals surface area contributed by atoms with Crippen molar-refractivity contribution in [2.45, 2.75) is 19.4 Å². The van der Waals surface area contributed by atoms with Gasteiger partial charge in [-0.3, -0.25) is 9.52 Å². The Morgan fingerprint density at radius 2 is 2.12 bits per heavy atom. The Hall–Kier alpha value is -0.220. The van der Waals surface area contributed by atoms with E-state index in [2.05, 4.69) is 17.5 Å². The smallest absolute Gasteiger partial charge is 0.324 e. The van der Waals surface area contributed by atoms with Gasteiger partial charge in [0.25, 0.3) is 0 Å². The van der Waals surface area contributed by atoms with Crippen molar-refractivity contribution < 1.29 is 9.90 Å². The van der Waals surface area contributed by atoms with Gasteiger partial charge in [-0.25, -0.2) is 0 Å². The van der Waals surface area contributed by atoms with Crippen molar-refractivity contribution in [3.05, 3.63) is 0 Å². The molecule has 0 aromatic rings. The van der Waals surface area contributed by atoms with Crippen LogP contribution in [0.25, 0.3) is 0 Å². The van der Waals surface area contributed by atoms with Crippen molar-refractivity contribution in [2.75, 3.05) is 0 Å². The van der Waals surface area contributed by atoms with Gasteiger partial charge in [0.2, 0.25) is 0 Å². The zero-order chi connectivity index (χ0) is 6.78. The van der Waals surface area contributed by atoms with Crippen LogP contribution in [-0.2, 0) is 4.79 Å². The van der Waals surface area contributed by atoms with Crippen molar-refractivity contribution in [2.24, 2.45) is 0 Å². The lowest BCUT2D eigenvalue weighted by Gasteiger charge is -2.15. The largest absolute Gasteiger partial charge is 0.480 e. The maximum Gasteiger partial charge on any atom is 0.324 e. The van der Waals surface area contributed by atoms with Crippen molar-refractivity contribution in [3.63, 3.8) is 0 Å². The first-order valence-corrected chi connectivity index (χ1v) is 2.60. The Balaban J connectivity index is 3.91. The molecular formula is C4H9NO2S. The first-order valence-electron chi connectivity index (χ1n) is 2.15. The molecule has 0 saturated carbocycles. The SMILES string of the molecule is CC(C)(NS)C(=O)O. The number of rotatable bonds is 2. The Morgan fingerprint density at radius 1 is 1.75 bits per heavy atom. The number of nitrogens with one attached hydrogen (secondary N) is 1. The number of carboxylic acid groups (broad SMARTS) is 1. The Morgan fingerprint density at radius 3 is 2.12 bits per heavy atom. The van der Waals surface area contributed by atoms with Gasteiger partial charge < -0.3 is 5.11 Å². The summed E-state index contributed by atoms with van der Waals surface area (Å²) >= 11 is 3.61. The summed E-state index contributed by atoms with van der Waals surface area (Å²) < 4.78 is 2.34. The molecule has 0 radical (unpaired) electrons. The van der Waals surface area contributed by atoms with Crippen LogP contribution in [0.5, 0.6) is 0 Å². The lowest BCUT2D eigenvalue weighted by molar-refractivity contribution is -0.142. The Kier molecular flexibility index (Phi) is 2.30. The second-order valence-electron chi connectivity index (χ2n) is 2.04. The third-order valence-corrected chi connectivity index (χ3v) is 1.37. The van der Waals surface area contributed by atoms with Crippen LogP contribution in [0.1, 0.15) is 13.8 Å². The van der Waals surface area contributed by atoms with Crippen LogP contribution >= 0.6 is 12.8 Å². The van der Waals surface area contributed by atoms with Crippen molar-refractivity contribution >= 4 is 18.8 Å². The zero-order valence-corrected chi connectivity index (χ0v) is 5.70. The predicted molar refractivity (Wildman–Crippen MR) is 33.8 cm³/mol. The van der Waals surface area contributed by atoms with E-state index in [-0.39, 0.29) is 0 Å². The average molecular weight is 135 g/mol. The van der Waals surface area contributed by atoms with E-state index in [9.17, 15) is 4.79 Å². The molecule has 3 nitrogen and oxygen atoms in total. The van der Waals surface area contributed by atoms with E-state index in [0.29, 0.717) is 0 Å². The first kappa shape index (κ1) is 7.78. The lowest BCUT2D eigenvalue weighted by atomic mass is 10.1. The summed E-state index contributed by atoms with van der Waals surface area (Å²) in [6.07, 6.45) is 0. The minimum Gasteiger partial charge on any atom is -0.480 e. The molecular weight excluding hydrogens is 126 g/mol. The predicted octanol–water partition coefficient (Wildman–Crippen LogP) is 0.284. The number of carbonyl (C=O) groups is 1. The molecule has 0 saturated heterocycles. The van der Waals surface area contributed by atoms with Gasteiger partial charge in [-0.2, -0.15) is 0 Å². The van der Waals surface area contributed by atoms with Crippen LogP contribution in [0, 0.1) is 0 Å². The minimum atomic E-state index is -0.927. The topological polar surface area (TPSA) is 49.3 Å². The summed E-state index contributed by atoms with van der Waals surface area (Å²) in [5, 5.41) is 8.33. The molecule has 0 fully saturated rings. The molecule has 8 heavy (non-hydrogen) atoms. The fourth-order valence-corrected chi connectivity index (χ4v) is 0.143. The molecule has 2 N–H and O–H groups in total. The van der Waals surface area contributed by atoms with Gasteiger partial charge in [0, 0.05) is 0 Å². The van der Waals surface area contributed by atoms with Gasteiger partial charge in [0.1, 0.15) is 5.54 Å². The van der Waals surface area contributed by atoms with Crippen LogP contribution in [0.2, 0.25) is 0 Å². The highest BCUT2D eigenvalue weighted by Gasteiger charge is 2.24. The van der Waals surface area contributed by atoms with Gasteiger partial charge in [0.05, 0.1) is 0 Å². The number of hydrogen-bond acceptors (Lipinski definition) is 3. The molecule has 0 aliphatic rings. The summed E-state index contributed by atoms with van der Waals surface area (Å²) in [5.41, 5.74) is -0.927. The average Bonchev–Trinajstić information content (AvgIpc) is 1.67. The summed E-state index contributed by atoms with van der Waals surface area (Å²) in [5.74, 6) is -0.910. The third-order valence-electron chi connectivity index (χ3n) is 0.814. The van der Waals surface area contributed by atoms with Crippen LogP contribution in [0.3, 0.4) is 0 Å². The molecule has 0 aromatic heterocycles. The van der Waals surface area contributed by atoms with E-state index in [1.807, 2.05) is 0 Å². The summed E-state index contributed by atoms with van der Waals surface area (Å²) in [4.78, 5) is 10.1. The van der Waals surface area contributed by atoms with E-state index < -0.39 is 11.5 Å². The molecule has 0 aliphatic heterocycles. The minimum absolute atomic E-state index is 0.910. The van der Waals surface area contributed by atoms with Crippen molar-refractivity contribution in [3.8, 4) is 0 Å². The maximum absolute atomic E-state index is 10.1. The van der Waals surface area contributed by atoms with Gasteiger partial charge in [-0.15, -0.1) is 0 Å². The highest BCUT2D eigenvalue weighted by atomic mass is 32.1. The molecule has 0 amide bonds. The lowest BCUT2D eigenvalue weighted by Crippen LogP contribution is -2.41. The summed E-state index contributed by atoms with van der Waals surface area (Å²) in [6, 6.07) is 0. The molecule has 4 heteroatoms. The molecule has 0 heterocycles. The maximum atomic E-state index is 10.1. The monoisotopic (exact) mass is 135 g/mol. The molecule has 0 unspecified atom stereocenters. The molecule has 0 atom stereocenters. The van der Waals surface area contributed by atoms with Gasteiger partial charge in [0.15, 0.2) is 0 Å². The molecule has 0 bridgehead atoms. The summed E-state index contributed by atoms with van der Waals surface area (Å²) in [7, 11) is 0. The normalized spacial score (nSPS) is 11.4. The fraction of sp³-hybridized carbons (Fsp3) is 0.750. The van der Waals surface area contributed by atoms with E-state index in [1.54, 1.807) is 0 Å². The second kappa shape index (κ2) is 2.37. The molecule has 0 aliphatic carbocycles. The van der Waals surface area contributed by atoms with Gasteiger partial charge >= 0.3 is 5.97 Å². The van der Waals surface area contributed by atoms with Crippen LogP contribution in [0.4, 0.5) is 0 Å². The molecule has 0 aromatic carbocycles. The Labute approximate surface area is 53.6 Å². The second-order valence-corrected chi connectivity index (χ2v) is 2.27. The molecule has 0 rings (SSSR count). The highest BCUT2D eigenvalue weighted by molar-refractivity contribution is 7.78. The number of hydrogen-bond donors (Lipinski definition) is 3. The fourth-order valence-electron chi connectivity index (χ4n) is 0.0478. The standard InChI is InChI=1S/C4H9NO2S/c1-4(2,5-8)3(6)7/h5,8H,1-2H3,(H,6,7). The van der Waals surface area contributed by atoms with Crippen LogP contribution in [-0.4, -0.2) is 16.6 Å². The first-order chi connectivity index (χ1) is 3.50. The van der Waals surface area contributed by atoms with Crippen molar-refractivity contribution in [1.29, 1.82) is 0 Å². The van der Waals surface area contributed by atoms with E-state index in [0.717, 1.165) is 0 Å². The number of aliphatic carboxylic acids is 1. The van der Waals surface area contributed by atoms with E-state index >= 15 is 0 Å². The van der Waals surface area contributed by atoms with E-state index in [1.165, 1.54) is 13.8 Å². The Bertz CT molecular complexity index is 102. The van der Waals surface area contributed by atoms with Crippen LogP contribution < -0.4 is 4.72 Å². The van der Waals surface area contributed by atoms with Gasteiger partial charge in [-0.1, -0.05) is 12.8 Å². The highest BCUT2D eigenvalue weighted by Crippen LogP contribution is 2.00. The van der Waals surface area contributed by atoms with Gasteiger partial charge in [-0.05, 0) is 13.8 Å². The zero-order valence-electron chi connectivity index (χ0n) is 4.80. The van der Waals surface area contributed by atoms with Crippen molar-refractivity contribution in [1.82, 2.24) is 4.72 Å². The number of thiol groups is 1. The van der Waals surface area contributed by atoms with Crippen LogP contribution in [0.15, 0.2) is 0 Å². The molecule has 48 valence electrons. The third kappa shape index (κ3) is 1.71. The summed E-state index contributed by atoms with van der Waals surface area (Å²) in [6.45, 7) is 3.06. The quantitative estimate of drug-likeness (QED) is 0.477. The number of carboxylic acids is 1. The molecule has 0 spiro atoms.